The van der Waals surface area contributed by atoms with Crippen LogP contribution in [0.3, 0.4) is 0 Å². The molecule has 168 valence electrons. The summed E-state index contributed by atoms with van der Waals surface area (Å²) in [4.78, 5) is 14.4. The van der Waals surface area contributed by atoms with Crippen molar-refractivity contribution in [1.82, 2.24) is 15.2 Å². The molecule has 6 nitrogen and oxygen atoms in total. The third kappa shape index (κ3) is 3.86. The summed E-state index contributed by atoms with van der Waals surface area (Å²) in [5, 5.41) is 3.40. The van der Waals surface area contributed by atoms with Crippen LogP contribution < -0.4 is 10.2 Å². The number of benzene rings is 1. The van der Waals surface area contributed by atoms with Gasteiger partial charge in [0.2, 0.25) is 12.2 Å². The lowest BCUT2D eigenvalue weighted by molar-refractivity contribution is -0.447. The maximum Gasteiger partial charge on any atom is 0.265 e. The number of nitrogens with zero attached hydrogens (tertiary/aromatic N) is 5. The Kier molecular flexibility index (Phi) is 5.26. The average molecular weight is 444 g/mol. The Hall–Kier alpha value is -3.32. The van der Waals surface area contributed by atoms with Crippen molar-refractivity contribution < 1.29 is 8.97 Å². The van der Waals surface area contributed by atoms with Crippen LogP contribution >= 0.6 is 0 Å². The Morgan fingerprint density at radius 3 is 2.79 bits per heavy atom. The van der Waals surface area contributed by atoms with Crippen molar-refractivity contribution in [2.45, 2.75) is 24.9 Å². The zero-order valence-electron chi connectivity index (χ0n) is 18.6. The predicted octanol–water partition coefficient (Wildman–Crippen LogP) is 3.42. The summed E-state index contributed by atoms with van der Waals surface area (Å²) in [6.07, 6.45) is 10.6. The molecular weight excluding hydrogens is 415 g/mol. The molecule has 1 aromatic heterocycles. The number of aromatic nitrogens is 1. The molecule has 0 spiro atoms. The first-order chi connectivity index (χ1) is 16.3. The fourth-order valence-electron chi connectivity index (χ4n) is 5.27. The van der Waals surface area contributed by atoms with Crippen LogP contribution in [0.25, 0.3) is 0 Å². The van der Waals surface area contributed by atoms with Gasteiger partial charge in [0, 0.05) is 44.5 Å². The molecule has 1 aliphatic carbocycles. The lowest BCUT2D eigenvalue weighted by atomic mass is 10.0. The molecular formula is C26H28FN6+. The third-order valence-electron chi connectivity index (χ3n) is 6.93. The highest BCUT2D eigenvalue weighted by Gasteiger charge is 2.35. The molecule has 4 heterocycles. The minimum Gasteiger partial charge on any atom is -0.365 e. The number of hydrogen-bond donors (Lipinski definition) is 1. The lowest BCUT2D eigenvalue weighted by Gasteiger charge is -2.30. The van der Waals surface area contributed by atoms with E-state index >= 15 is 0 Å². The average Bonchev–Trinajstić information content (AvgIpc) is 3.52. The van der Waals surface area contributed by atoms with Gasteiger partial charge in [-0.3, -0.25) is 0 Å². The zero-order chi connectivity index (χ0) is 22.2. The highest BCUT2D eigenvalue weighted by Crippen LogP contribution is 2.37. The fourth-order valence-corrected chi connectivity index (χ4v) is 5.27. The summed E-state index contributed by atoms with van der Waals surface area (Å²) in [7, 11) is 0. The molecule has 1 N–H and O–H groups in total. The van der Waals surface area contributed by atoms with Crippen molar-refractivity contribution in [3.8, 4) is 0 Å². The molecule has 4 aliphatic rings. The molecule has 0 radical (unpaired) electrons. The van der Waals surface area contributed by atoms with Crippen molar-refractivity contribution in [2.24, 2.45) is 4.99 Å². The zero-order valence-corrected chi connectivity index (χ0v) is 18.6. The summed E-state index contributed by atoms with van der Waals surface area (Å²) < 4.78 is 16.0. The summed E-state index contributed by atoms with van der Waals surface area (Å²) >= 11 is 0. The normalized spacial score (nSPS) is 24.5. The molecule has 7 heteroatoms. The molecule has 0 saturated carbocycles. The second kappa shape index (κ2) is 8.56. The van der Waals surface area contributed by atoms with Crippen LogP contribution in [0.2, 0.25) is 0 Å². The van der Waals surface area contributed by atoms with Gasteiger partial charge in [-0.2, -0.15) is 0 Å². The van der Waals surface area contributed by atoms with Crippen LogP contribution in [-0.4, -0.2) is 65.3 Å². The molecule has 2 aromatic rings. The smallest absolute Gasteiger partial charge is 0.265 e. The van der Waals surface area contributed by atoms with E-state index < -0.39 is 0 Å². The number of nitrogens with one attached hydrogen (secondary N) is 1. The third-order valence-corrected chi connectivity index (χ3v) is 6.93. The molecule has 0 bridgehead atoms. The Labute approximate surface area is 193 Å². The van der Waals surface area contributed by atoms with E-state index in [0.717, 1.165) is 68.5 Å². The van der Waals surface area contributed by atoms with Gasteiger partial charge in [0.15, 0.2) is 11.8 Å². The number of likely N-dealkylation sites (tertiary alicyclic amines) is 1. The number of halogens is 1. The second-order valence-electron chi connectivity index (χ2n) is 8.94. The number of pyridine rings is 1. The number of allylic oxidation sites excluding steroid dienone is 1. The van der Waals surface area contributed by atoms with Crippen LogP contribution in [0.5, 0.6) is 0 Å². The van der Waals surface area contributed by atoms with E-state index in [0.29, 0.717) is 0 Å². The first-order valence-corrected chi connectivity index (χ1v) is 11.8. The highest BCUT2D eigenvalue weighted by molar-refractivity contribution is 6.06. The Balaban J connectivity index is 1.27. The molecule has 33 heavy (non-hydrogen) atoms. The van der Waals surface area contributed by atoms with Crippen LogP contribution in [-0.2, 0) is 0 Å². The molecule has 3 aliphatic heterocycles. The quantitative estimate of drug-likeness (QED) is 0.736. The van der Waals surface area contributed by atoms with Crippen LogP contribution in [0.4, 0.5) is 16.0 Å². The van der Waals surface area contributed by atoms with Gasteiger partial charge < -0.3 is 15.1 Å². The summed E-state index contributed by atoms with van der Waals surface area (Å²) in [6.45, 7) is 4.87. The largest absolute Gasteiger partial charge is 0.365 e. The van der Waals surface area contributed by atoms with E-state index in [4.69, 9.17) is 4.98 Å². The van der Waals surface area contributed by atoms with Crippen molar-refractivity contribution in [3.63, 3.8) is 0 Å². The molecule has 1 aromatic carbocycles. The minimum atomic E-state index is -0.172. The molecule has 2 atom stereocenters. The van der Waals surface area contributed by atoms with Gasteiger partial charge in [0.05, 0.1) is 6.04 Å². The Morgan fingerprint density at radius 1 is 1.03 bits per heavy atom. The number of anilines is 1. The SMILES string of the molecule is Fc1cccc([C@H]2CCCN2C2=CC3C(=NC=[N+]3c3cccc(N4CCNCC4)n3)C=C2)c1. The van der Waals surface area contributed by atoms with E-state index in [1.165, 1.54) is 11.8 Å². The molecule has 0 amide bonds. The number of hydrogen-bond acceptors (Lipinski definition) is 5. The van der Waals surface area contributed by atoms with Crippen molar-refractivity contribution in [2.75, 3.05) is 37.6 Å². The van der Waals surface area contributed by atoms with Gasteiger partial charge in [-0.15, -0.1) is 4.99 Å². The predicted molar refractivity (Wildman–Crippen MR) is 129 cm³/mol. The standard InChI is InChI=1S/C26H28FN6/c27-20-5-1-4-19(16-20)23-6-3-13-32(23)21-9-10-22-24(17-21)33(18-29-22)26-8-2-7-25(30-26)31-14-11-28-12-15-31/h1-2,4-5,7-10,16-18,23-24,28H,3,6,11-15H2/q+1/t23-,24?/m1/s1. The monoisotopic (exact) mass is 443 g/mol. The van der Waals surface area contributed by atoms with E-state index in [2.05, 4.69) is 61.1 Å². The topological polar surface area (TPSA) is 46.8 Å². The van der Waals surface area contributed by atoms with Crippen molar-refractivity contribution >= 4 is 23.7 Å². The highest BCUT2D eigenvalue weighted by atomic mass is 19.1. The van der Waals surface area contributed by atoms with E-state index in [9.17, 15) is 4.39 Å². The van der Waals surface area contributed by atoms with Crippen LogP contribution in [0, 0.1) is 5.82 Å². The van der Waals surface area contributed by atoms with Gasteiger partial charge in [-0.1, -0.05) is 23.2 Å². The minimum absolute atomic E-state index is 0.0181. The Bertz CT molecular complexity index is 1180. The first-order valence-electron chi connectivity index (χ1n) is 11.8. The maximum atomic E-state index is 13.9. The van der Waals surface area contributed by atoms with Gasteiger partial charge in [0.1, 0.15) is 5.82 Å². The van der Waals surface area contributed by atoms with Crippen molar-refractivity contribution in [1.29, 1.82) is 0 Å². The number of fused-ring (bicyclic) bond motifs is 1. The molecule has 2 fully saturated rings. The number of rotatable bonds is 4. The van der Waals surface area contributed by atoms with Gasteiger partial charge >= 0.3 is 0 Å². The van der Waals surface area contributed by atoms with E-state index in [1.54, 1.807) is 6.07 Å². The van der Waals surface area contributed by atoms with E-state index in [-0.39, 0.29) is 17.9 Å². The maximum absolute atomic E-state index is 13.9. The number of aliphatic imine (C=N–C) groups is 1. The first kappa shape index (κ1) is 20.3. The van der Waals surface area contributed by atoms with Gasteiger partial charge in [-0.25, -0.2) is 8.97 Å². The van der Waals surface area contributed by atoms with Crippen LogP contribution in [0.15, 0.2) is 71.4 Å². The molecule has 6 rings (SSSR count). The summed E-state index contributed by atoms with van der Waals surface area (Å²) in [6, 6.07) is 13.5. The second-order valence-corrected chi connectivity index (χ2v) is 8.94. The Morgan fingerprint density at radius 2 is 1.91 bits per heavy atom. The van der Waals surface area contributed by atoms with Crippen molar-refractivity contribution in [3.05, 3.63) is 77.8 Å². The molecule has 2 saturated heterocycles. The summed E-state index contributed by atoms with van der Waals surface area (Å²) in [5.74, 6) is 1.75. The molecule has 1 unspecified atom stereocenters. The van der Waals surface area contributed by atoms with E-state index in [1.807, 2.05) is 18.5 Å². The van der Waals surface area contributed by atoms with Gasteiger partial charge in [-0.05, 0) is 54.8 Å². The van der Waals surface area contributed by atoms with Gasteiger partial charge in [0.25, 0.3) is 5.82 Å². The fraction of sp³-hybridized carbons (Fsp3) is 0.346. The lowest BCUT2D eigenvalue weighted by Crippen LogP contribution is -2.44. The van der Waals surface area contributed by atoms with Crippen LogP contribution in [0.1, 0.15) is 24.4 Å². The summed E-state index contributed by atoms with van der Waals surface area (Å²) in [5.41, 5.74) is 3.24. The number of piperazine rings is 1.